The molecule has 0 saturated heterocycles. The van der Waals surface area contributed by atoms with Gasteiger partial charge in [0.05, 0.1) is 6.10 Å². The molecule has 0 aliphatic rings. The predicted octanol–water partition coefficient (Wildman–Crippen LogP) is 2.01. The molecule has 0 bridgehead atoms. The van der Waals surface area contributed by atoms with Crippen molar-refractivity contribution < 1.29 is 15.3 Å². The summed E-state index contributed by atoms with van der Waals surface area (Å²) >= 11 is 0. The van der Waals surface area contributed by atoms with E-state index in [-0.39, 0.29) is 0 Å². The van der Waals surface area contributed by atoms with Gasteiger partial charge in [-0.1, -0.05) is 37.7 Å². The lowest BCUT2D eigenvalue weighted by Crippen LogP contribution is -2.36. The van der Waals surface area contributed by atoms with Crippen LogP contribution in [-0.2, 0) is 0 Å². The van der Waals surface area contributed by atoms with E-state index in [4.69, 9.17) is 0 Å². The molecule has 0 heterocycles. The molecule has 3 heteroatoms. The summed E-state index contributed by atoms with van der Waals surface area (Å²) in [6.07, 6.45) is 4.37. The normalized spacial score (nSPS) is 14.2. The Morgan fingerprint density at radius 3 is 2.50 bits per heavy atom. The van der Waals surface area contributed by atoms with Crippen LogP contribution >= 0.6 is 0 Å². The summed E-state index contributed by atoms with van der Waals surface area (Å²) in [6, 6.07) is 0. The summed E-state index contributed by atoms with van der Waals surface area (Å²) in [5.41, 5.74) is 0. The number of hydrogen-bond donors (Lipinski definition) is 3. The summed E-state index contributed by atoms with van der Waals surface area (Å²) in [7, 11) is 0. The van der Waals surface area contributed by atoms with Crippen LogP contribution in [0.15, 0.2) is 12.7 Å². The first-order valence-electron chi connectivity index (χ1n) is 7.27. The van der Waals surface area contributed by atoms with E-state index in [1.165, 1.54) is 0 Å². The Morgan fingerprint density at radius 1 is 1.10 bits per heavy atom. The number of allylic oxidation sites excluding steroid dienone is 1. The molecule has 0 aromatic heterocycles. The van der Waals surface area contributed by atoms with Crippen LogP contribution in [0.2, 0.25) is 0 Å². The van der Waals surface area contributed by atoms with E-state index < -0.39 is 18.3 Å². The highest BCUT2D eigenvalue weighted by Crippen LogP contribution is 2.10. The van der Waals surface area contributed by atoms with Crippen LogP contribution in [0.25, 0.3) is 0 Å². The van der Waals surface area contributed by atoms with E-state index >= 15 is 0 Å². The second-order valence-electron chi connectivity index (χ2n) is 4.75. The predicted molar refractivity (Wildman–Crippen MR) is 81.8 cm³/mol. The van der Waals surface area contributed by atoms with Crippen molar-refractivity contribution in [3.63, 3.8) is 0 Å². The van der Waals surface area contributed by atoms with Gasteiger partial charge in [0, 0.05) is 6.42 Å². The summed E-state index contributed by atoms with van der Waals surface area (Å²) in [6.45, 7) is 5.66. The summed E-state index contributed by atoms with van der Waals surface area (Å²) in [5, 5.41) is 29.1. The minimum absolute atomic E-state index is 0.457. The highest BCUT2D eigenvalue weighted by Gasteiger charge is 2.22. The van der Waals surface area contributed by atoms with Gasteiger partial charge in [-0.2, -0.15) is 0 Å². The molecule has 3 atom stereocenters. The molecule has 0 saturated carbocycles. The molecule has 0 spiro atoms. The van der Waals surface area contributed by atoms with E-state index in [1.54, 1.807) is 0 Å². The maximum atomic E-state index is 9.75. The Kier molecular flexibility index (Phi) is 12.0. The molecule has 0 radical (unpaired) electrons. The fraction of sp³-hybridized carbons (Fsp3) is 0.647. The topological polar surface area (TPSA) is 60.7 Å². The van der Waals surface area contributed by atoms with Gasteiger partial charge in [0.25, 0.3) is 0 Å². The Balaban J connectivity index is 4.00. The first kappa shape index (κ1) is 18.7. The smallest absolute Gasteiger partial charge is 0.144 e. The maximum Gasteiger partial charge on any atom is 0.144 e. The van der Waals surface area contributed by atoms with E-state index in [1.807, 2.05) is 13.0 Å². The number of rotatable bonds is 9. The van der Waals surface area contributed by atoms with Crippen molar-refractivity contribution in [3.8, 4) is 23.7 Å². The monoisotopic (exact) mass is 278 g/mol. The quantitative estimate of drug-likeness (QED) is 0.343. The summed E-state index contributed by atoms with van der Waals surface area (Å²) in [4.78, 5) is 0. The van der Waals surface area contributed by atoms with Gasteiger partial charge in [-0.15, -0.1) is 6.58 Å². The molecule has 0 fully saturated rings. The second-order valence-corrected chi connectivity index (χ2v) is 4.75. The highest BCUT2D eigenvalue weighted by molar-refractivity contribution is 5.27. The lowest BCUT2D eigenvalue weighted by atomic mass is 10.0. The van der Waals surface area contributed by atoms with Crippen LogP contribution in [0, 0.1) is 23.7 Å². The van der Waals surface area contributed by atoms with E-state index in [9.17, 15) is 15.3 Å². The van der Waals surface area contributed by atoms with Gasteiger partial charge in [-0.25, -0.2) is 0 Å². The zero-order chi connectivity index (χ0) is 15.2. The van der Waals surface area contributed by atoms with Gasteiger partial charge in [0.15, 0.2) is 0 Å². The second kappa shape index (κ2) is 12.8. The molecule has 20 heavy (non-hydrogen) atoms. The van der Waals surface area contributed by atoms with Gasteiger partial charge in [0.2, 0.25) is 0 Å². The maximum absolute atomic E-state index is 9.75. The van der Waals surface area contributed by atoms with E-state index in [2.05, 4.69) is 30.3 Å². The average molecular weight is 278 g/mol. The molecule has 0 aliphatic carbocycles. The molecule has 112 valence electrons. The highest BCUT2D eigenvalue weighted by atomic mass is 16.4. The van der Waals surface area contributed by atoms with Gasteiger partial charge < -0.3 is 15.3 Å². The average Bonchev–Trinajstić information content (AvgIpc) is 2.45. The molecule has 0 unspecified atom stereocenters. The van der Waals surface area contributed by atoms with Crippen LogP contribution in [0.3, 0.4) is 0 Å². The largest absolute Gasteiger partial charge is 0.390 e. The van der Waals surface area contributed by atoms with Crippen molar-refractivity contribution in [1.29, 1.82) is 0 Å². The minimum atomic E-state index is -1.26. The third-order valence-electron chi connectivity index (χ3n) is 2.87. The van der Waals surface area contributed by atoms with Crippen molar-refractivity contribution in [3.05, 3.63) is 12.7 Å². The lowest BCUT2D eigenvalue weighted by molar-refractivity contribution is -0.0415. The number of aliphatic hydroxyl groups is 3. The number of hydrogen-bond acceptors (Lipinski definition) is 3. The first-order chi connectivity index (χ1) is 9.63. The molecule has 0 aromatic rings. The molecule has 0 amide bonds. The van der Waals surface area contributed by atoms with Gasteiger partial charge in [-0.3, -0.25) is 0 Å². The zero-order valence-electron chi connectivity index (χ0n) is 12.3. The van der Waals surface area contributed by atoms with Crippen molar-refractivity contribution in [2.75, 3.05) is 0 Å². The fourth-order valence-electron chi connectivity index (χ4n) is 1.63. The molecule has 0 aliphatic heterocycles. The van der Waals surface area contributed by atoms with Crippen LogP contribution in [0.5, 0.6) is 0 Å². The van der Waals surface area contributed by atoms with Crippen molar-refractivity contribution >= 4 is 0 Å². The van der Waals surface area contributed by atoms with Crippen LogP contribution in [0.4, 0.5) is 0 Å². The van der Waals surface area contributed by atoms with Crippen LogP contribution in [-0.4, -0.2) is 33.6 Å². The summed E-state index contributed by atoms with van der Waals surface area (Å²) < 4.78 is 0. The Labute approximate surface area is 122 Å². The van der Waals surface area contributed by atoms with Crippen molar-refractivity contribution in [1.82, 2.24) is 0 Å². The van der Waals surface area contributed by atoms with Crippen LogP contribution < -0.4 is 0 Å². The lowest BCUT2D eigenvalue weighted by Gasteiger charge is -2.19. The number of unbranched alkanes of at least 4 members (excludes halogenated alkanes) is 4. The van der Waals surface area contributed by atoms with Crippen molar-refractivity contribution in [2.24, 2.45) is 0 Å². The van der Waals surface area contributed by atoms with E-state index in [0.717, 1.165) is 38.5 Å². The molecule has 0 aromatic carbocycles. The molecule has 3 nitrogen and oxygen atoms in total. The molecule has 0 rings (SSSR count). The molecular formula is C17H26O3. The van der Waals surface area contributed by atoms with Gasteiger partial charge >= 0.3 is 0 Å². The Hall–Kier alpha value is -1.26. The van der Waals surface area contributed by atoms with Gasteiger partial charge in [0.1, 0.15) is 12.2 Å². The van der Waals surface area contributed by atoms with Crippen LogP contribution in [0.1, 0.15) is 51.9 Å². The third kappa shape index (κ3) is 9.64. The SMILES string of the molecule is C=CCCCCC[C@@H](O)[C@@H](O)[C@H](O)C#CC#CCCC. The first-order valence-corrected chi connectivity index (χ1v) is 7.27. The molecular weight excluding hydrogens is 252 g/mol. The van der Waals surface area contributed by atoms with Gasteiger partial charge in [-0.05, 0) is 37.5 Å². The Bertz CT molecular complexity index is 367. The summed E-state index contributed by atoms with van der Waals surface area (Å²) in [5.74, 6) is 10.4. The third-order valence-corrected chi connectivity index (χ3v) is 2.87. The number of aliphatic hydroxyl groups excluding tert-OH is 3. The van der Waals surface area contributed by atoms with E-state index in [0.29, 0.717) is 6.42 Å². The fourth-order valence-corrected chi connectivity index (χ4v) is 1.63. The minimum Gasteiger partial charge on any atom is -0.390 e. The Morgan fingerprint density at radius 2 is 1.85 bits per heavy atom. The van der Waals surface area contributed by atoms with Crippen molar-refractivity contribution in [2.45, 2.75) is 70.2 Å². The zero-order valence-corrected chi connectivity index (χ0v) is 12.3. The standard InChI is InChI=1S/C17H26O3/c1-3-5-7-9-11-13-15(18)17(20)16(19)14-12-10-8-6-4-2/h3,15-20H,1,4-7,9,11,13H2,2H3/t15-,16-,17-/m1/s1. The molecule has 3 N–H and O–H groups in total.